The molecule has 3 aliphatic rings. The summed E-state index contributed by atoms with van der Waals surface area (Å²) in [6.07, 6.45) is 3.11. The van der Waals surface area contributed by atoms with Crippen molar-refractivity contribution < 1.29 is 37.7 Å². The normalized spacial score (nSPS) is 16.7. The van der Waals surface area contributed by atoms with E-state index in [0.29, 0.717) is 77.9 Å². The number of nitrogens with one attached hydrogen (secondary N) is 2. The number of halogens is 1. The summed E-state index contributed by atoms with van der Waals surface area (Å²) in [6.45, 7) is 5.55. The lowest BCUT2D eigenvalue weighted by Gasteiger charge is -2.26. The van der Waals surface area contributed by atoms with Crippen molar-refractivity contribution >= 4 is 34.1 Å². The van der Waals surface area contributed by atoms with Crippen molar-refractivity contribution in [3.05, 3.63) is 66.7 Å². The van der Waals surface area contributed by atoms with E-state index < -0.39 is 23.0 Å². The largest absolute Gasteiger partial charge is 0.489 e. The maximum Gasteiger partial charge on any atom is 0.240 e. The fraction of sp³-hybridized carbons (Fsp3) is 0.353. The number of aromatic nitrogens is 2. The first-order valence-corrected chi connectivity index (χ1v) is 15.7. The number of morpholine rings is 1. The smallest absolute Gasteiger partial charge is 0.240 e. The first kappa shape index (κ1) is 30.6. The van der Waals surface area contributed by atoms with Gasteiger partial charge in [-0.15, -0.1) is 0 Å². The summed E-state index contributed by atoms with van der Waals surface area (Å²) in [5.74, 6) is 1.01. The van der Waals surface area contributed by atoms with E-state index in [2.05, 4.69) is 25.5 Å². The topological polar surface area (TPSA) is 133 Å². The highest BCUT2D eigenvalue weighted by Crippen LogP contribution is 2.49. The molecule has 0 bridgehead atoms. The third-order valence-electron chi connectivity index (χ3n) is 8.37. The second-order valence-corrected chi connectivity index (χ2v) is 11.6. The van der Waals surface area contributed by atoms with Crippen LogP contribution in [0.3, 0.4) is 0 Å². The number of carbonyl (C=O) groups is 2. The number of carbonyl (C=O) groups excluding carboxylic acids is 2. The predicted molar refractivity (Wildman–Crippen MR) is 170 cm³/mol. The minimum absolute atomic E-state index is 0.279. The Morgan fingerprint density at radius 3 is 2.21 bits per heavy atom. The van der Waals surface area contributed by atoms with Gasteiger partial charge in [0.2, 0.25) is 23.4 Å². The molecule has 2 aliphatic heterocycles. The summed E-state index contributed by atoms with van der Waals surface area (Å²) in [7, 11) is 0. The second-order valence-electron chi connectivity index (χ2n) is 11.6. The van der Waals surface area contributed by atoms with Crippen molar-refractivity contribution in [2.24, 2.45) is 5.41 Å². The molecule has 1 aromatic heterocycles. The highest BCUT2D eigenvalue weighted by atomic mass is 19.1. The van der Waals surface area contributed by atoms with Crippen LogP contribution in [0, 0.1) is 11.2 Å². The monoisotopic (exact) mass is 643 g/mol. The van der Waals surface area contributed by atoms with Crippen LogP contribution in [0.25, 0.3) is 10.9 Å². The lowest BCUT2D eigenvalue weighted by Crippen LogP contribution is -2.37. The van der Waals surface area contributed by atoms with Gasteiger partial charge < -0.3 is 34.3 Å². The minimum atomic E-state index is -1.17. The SMILES string of the molecule is O=C(Nc1ccc(F)cc1)C1(C(=O)Nc2ccc(Oc3ncnc4cc(OCCCN5CCOCC5)c5c(c34)OCCO5)cc2)CC1. The molecule has 47 heavy (non-hydrogen) atoms. The van der Waals surface area contributed by atoms with Crippen LogP contribution < -0.4 is 29.6 Å². The summed E-state index contributed by atoms with van der Waals surface area (Å²) < 4.78 is 43.0. The molecule has 1 aliphatic carbocycles. The van der Waals surface area contributed by atoms with E-state index in [1.807, 2.05) is 6.07 Å². The Labute approximate surface area is 270 Å². The van der Waals surface area contributed by atoms with Crippen molar-refractivity contribution in [3.63, 3.8) is 0 Å². The van der Waals surface area contributed by atoms with Crippen LogP contribution in [0.4, 0.5) is 15.8 Å². The predicted octanol–water partition coefficient (Wildman–Crippen LogP) is 4.79. The van der Waals surface area contributed by atoms with Gasteiger partial charge in [-0.2, -0.15) is 0 Å². The molecule has 2 fully saturated rings. The molecule has 3 heterocycles. The van der Waals surface area contributed by atoms with Gasteiger partial charge in [-0.25, -0.2) is 14.4 Å². The number of nitrogens with zero attached hydrogens (tertiary/aromatic N) is 3. The van der Waals surface area contributed by atoms with Crippen molar-refractivity contribution in [3.8, 4) is 28.9 Å². The maximum atomic E-state index is 13.2. The zero-order valence-electron chi connectivity index (χ0n) is 25.6. The van der Waals surface area contributed by atoms with Crippen LogP contribution in [-0.4, -0.2) is 79.4 Å². The van der Waals surface area contributed by atoms with Gasteiger partial charge in [-0.05, 0) is 67.8 Å². The summed E-state index contributed by atoms with van der Waals surface area (Å²) in [5, 5.41) is 6.10. The number of fused-ring (bicyclic) bond motifs is 3. The zero-order valence-corrected chi connectivity index (χ0v) is 25.6. The van der Waals surface area contributed by atoms with Gasteiger partial charge in [0, 0.05) is 37.1 Å². The summed E-state index contributed by atoms with van der Waals surface area (Å²) in [4.78, 5) is 37.2. The number of rotatable bonds is 11. The molecule has 7 rings (SSSR count). The van der Waals surface area contributed by atoms with E-state index in [1.54, 1.807) is 24.3 Å². The van der Waals surface area contributed by atoms with Gasteiger partial charge in [0.25, 0.3) is 0 Å². The molecule has 2 amide bonds. The molecule has 0 spiro atoms. The van der Waals surface area contributed by atoms with Crippen LogP contribution in [0.2, 0.25) is 0 Å². The number of hydrogen-bond acceptors (Lipinski definition) is 10. The first-order chi connectivity index (χ1) is 23.0. The summed E-state index contributed by atoms with van der Waals surface area (Å²) in [5.41, 5.74) is 0.339. The molecule has 4 aromatic rings. The Kier molecular flexibility index (Phi) is 8.72. The average Bonchev–Trinajstić information content (AvgIpc) is 3.92. The number of ether oxygens (including phenoxy) is 5. The van der Waals surface area contributed by atoms with E-state index in [-0.39, 0.29) is 5.88 Å². The first-order valence-electron chi connectivity index (χ1n) is 15.7. The lowest BCUT2D eigenvalue weighted by atomic mass is 10.0. The molecule has 0 atom stereocenters. The van der Waals surface area contributed by atoms with Crippen molar-refractivity contribution in [1.29, 1.82) is 0 Å². The fourth-order valence-corrected chi connectivity index (χ4v) is 5.60. The molecule has 1 saturated heterocycles. The molecule has 12 nitrogen and oxygen atoms in total. The molecule has 3 aromatic carbocycles. The Morgan fingerprint density at radius 2 is 1.53 bits per heavy atom. The Balaban J connectivity index is 1.02. The number of anilines is 2. The van der Waals surface area contributed by atoms with Gasteiger partial charge in [-0.3, -0.25) is 14.5 Å². The van der Waals surface area contributed by atoms with E-state index in [4.69, 9.17) is 23.7 Å². The molecular weight excluding hydrogens is 609 g/mol. The zero-order chi connectivity index (χ0) is 32.2. The van der Waals surface area contributed by atoms with Crippen LogP contribution >= 0.6 is 0 Å². The Hall–Kier alpha value is -5.01. The minimum Gasteiger partial charge on any atom is -0.489 e. The molecular formula is C34H34FN5O7. The maximum absolute atomic E-state index is 13.2. The van der Waals surface area contributed by atoms with Crippen molar-refractivity contribution in [1.82, 2.24) is 14.9 Å². The van der Waals surface area contributed by atoms with Gasteiger partial charge in [-0.1, -0.05) is 0 Å². The standard InChI is InChI=1S/C34H34FN5O7/c35-22-2-4-23(5-3-22)38-32(41)34(10-11-34)33(42)39-24-6-8-25(9-7-24)47-31-28-26(36-21-37-31)20-27(29-30(28)46-19-18-45-29)44-15-1-12-40-13-16-43-17-14-40/h2-9,20-21H,1,10-19H2,(H,38,41)(H,39,42). The molecule has 13 heteroatoms. The molecule has 244 valence electrons. The van der Waals surface area contributed by atoms with E-state index in [1.165, 1.54) is 30.6 Å². The molecule has 2 N–H and O–H groups in total. The molecule has 0 unspecified atom stereocenters. The van der Waals surface area contributed by atoms with Crippen molar-refractivity contribution in [2.75, 3.05) is 63.3 Å². The highest BCUT2D eigenvalue weighted by Gasteiger charge is 2.56. The summed E-state index contributed by atoms with van der Waals surface area (Å²) >= 11 is 0. The van der Waals surface area contributed by atoms with Crippen LogP contribution in [0.1, 0.15) is 19.3 Å². The van der Waals surface area contributed by atoms with Gasteiger partial charge >= 0.3 is 0 Å². The number of hydrogen-bond donors (Lipinski definition) is 2. The quantitative estimate of drug-likeness (QED) is 0.174. The van der Waals surface area contributed by atoms with Crippen LogP contribution in [-0.2, 0) is 14.3 Å². The number of amides is 2. The third-order valence-corrected chi connectivity index (χ3v) is 8.37. The van der Waals surface area contributed by atoms with E-state index >= 15 is 0 Å². The third kappa shape index (κ3) is 6.76. The number of benzene rings is 3. The van der Waals surface area contributed by atoms with Gasteiger partial charge in [0.1, 0.15) is 41.9 Å². The Morgan fingerprint density at radius 1 is 0.872 bits per heavy atom. The lowest BCUT2D eigenvalue weighted by molar-refractivity contribution is -0.131. The molecule has 1 saturated carbocycles. The van der Waals surface area contributed by atoms with E-state index in [0.717, 1.165) is 39.3 Å². The van der Waals surface area contributed by atoms with Crippen LogP contribution in [0.15, 0.2) is 60.9 Å². The van der Waals surface area contributed by atoms with Gasteiger partial charge in [0.05, 0.1) is 25.3 Å². The second kappa shape index (κ2) is 13.4. The van der Waals surface area contributed by atoms with Crippen LogP contribution in [0.5, 0.6) is 28.9 Å². The average molecular weight is 644 g/mol. The molecule has 0 radical (unpaired) electrons. The summed E-state index contributed by atoms with van der Waals surface area (Å²) in [6, 6.07) is 14.0. The highest BCUT2D eigenvalue weighted by molar-refractivity contribution is 6.16. The van der Waals surface area contributed by atoms with Gasteiger partial charge in [0.15, 0.2) is 11.5 Å². The van der Waals surface area contributed by atoms with Crippen molar-refractivity contribution in [2.45, 2.75) is 19.3 Å². The fourth-order valence-electron chi connectivity index (χ4n) is 5.60. The Bertz CT molecular complexity index is 1760. The van der Waals surface area contributed by atoms with E-state index in [9.17, 15) is 14.0 Å².